The summed E-state index contributed by atoms with van der Waals surface area (Å²) in [6.45, 7) is 0. The molecule has 0 aliphatic rings. The van der Waals surface area contributed by atoms with E-state index in [9.17, 15) is 14.9 Å². The van der Waals surface area contributed by atoms with Gasteiger partial charge in [0.15, 0.2) is 0 Å². The molecule has 2 rings (SSSR count). The third-order valence-electron chi connectivity index (χ3n) is 2.42. The molecule has 0 saturated carbocycles. The number of esters is 1. The van der Waals surface area contributed by atoms with E-state index in [1.54, 1.807) is 0 Å². The van der Waals surface area contributed by atoms with E-state index in [1.165, 1.54) is 25.3 Å². The highest BCUT2D eigenvalue weighted by Crippen LogP contribution is 2.21. The Morgan fingerprint density at radius 1 is 1.58 bits per heavy atom. The van der Waals surface area contributed by atoms with E-state index in [0.29, 0.717) is 16.6 Å². The van der Waals surface area contributed by atoms with Crippen LogP contribution < -0.4 is 0 Å². The molecule has 7 nitrogen and oxygen atoms in total. The summed E-state index contributed by atoms with van der Waals surface area (Å²) in [5, 5.41) is 17.9. The van der Waals surface area contributed by atoms with Crippen LogP contribution >= 0.6 is 0 Å². The highest BCUT2D eigenvalue weighted by Gasteiger charge is 2.10. The number of methoxy groups -OCH3 is 1. The molecule has 0 aliphatic heterocycles. The topological polar surface area (TPSA) is 98.1 Å². The van der Waals surface area contributed by atoms with Crippen LogP contribution in [0.15, 0.2) is 18.2 Å². The van der Waals surface area contributed by atoms with E-state index in [2.05, 4.69) is 26.8 Å². The molecular formula is C12H9N3O4. The van der Waals surface area contributed by atoms with E-state index in [0.717, 1.165) is 0 Å². The molecule has 2 aromatic rings. The second-order valence-corrected chi connectivity index (χ2v) is 3.61. The van der Waals surface area contributed by atoms with Gasteiger partial charge in [-0.25, -0.2) is 0 Å². The molecule has 1 aromatic carbocycles. The average molecular weight is 259 g/mol. The number of aromatic amines is 1. The lowest BCUT2D eigenvalue weighted by molar-refractivity contribution is -0.384. The Kier molecular flexibility index (Phi) is 3.43. The van der Waals surface area contributed by atoms with Gasteiger partial charge in [-0.15, -0.1) is 0 Å². The number of H-pyrrole nitrogens is 1. The lowest BCUT2D eigenvalue weighted by Crippen LogP contribution is -1.97. The number of benzene rings is 1. The van der Waals surface area contributed by atoms with Gasteiger partial charge in [0, 0.05) is 17.5 Å². The van der Waals surface area contributed by atoms with E-state index in [4.69, 9.17) is 0 Å². The van der Waals surface area contributed by atoms with Crippen molar-refractivity contribution < 1.29 is 14.5 Å². The number of nitrogens with zero attached hydrogens (tertiary/aromatic N) is 2. The van der Waals surface area contributed by atoms with Crippen molar-refractivity contribution in [3.63, 3.8) is 0 Å². The fourth-order valence-corrected chi connectivity index (χ4v) is 1.48. The number of carbonyl (C=O) groups excluding carboxylic acids is 1. The van der Waals surface area contributed by atoms with Crippen molar-refractivity contribution in [2.75, 3.05) is 7.11 Å². The summed E-state index contributed by atoms with van der Waals surface area (Å²) in [5.74, 6) is 4.88. The number of hydrogen-bond acceptors (Lipinski definition) is 5. The van der Waals surface area contributed by atoms with Crippen LogP contribution in [0.2, 0.25) is 0 Å². The Bertz CT molecular complexity index is 709. The molecule has 0 unspecified atom stereocenters. The number of rotatable bonds is 2. The maximum atomic E-state index is 10.9. The Morgan fingerprint density at radius 2 is 2.37 bits per heavy atom. The van der Waals surface area contributed by atoms with Crippen LogP contribution in [-0.4, -0.2) is 28.2 Å². The molecule has 0 saturated heterocycles. The summed E-state index contributed by atoms with van der Waals surface area (Å²) in [6, 6.07) is 4.30. The first kappa shape index (κ1) is 12.6. The van der Waals surface area contributed by atoms with Crippen molar-refractivity contribution in [3.8, 4) is 11.8 Å². The van der Waals surface area contributed by atoms with Gasteiger partial charge in [0.1, 0.15) is 12.1 Å². The van der Waals surface area contributed by atoms with Crippen molar-refractivity contribution in [1.82, 2.24) is 10.2 Å². The lowest BCUT2D eigenvalue weighted by atomic mass is 10.2. The molecule has 0 spiro atoms. The van der Waals surface area contributed by atoms with E-state index in [-0.39, 0.29) is 12.1 Å². The molecule has 7 heteroatoms. The standard InChI is InChI=1S/C12H9N3O4/c1-19-12(16)4-2-3-10-9-7-8(15(17)18)5-6-11(9)14-13-10/h5-7H,4H2,1H3,(H,13,14). The van der Waals surface area contributed by atoms with Crippen LogP contribution in [0.25, 0.3) is 10.9 Å². The Hall–Kier alpha value is -2.88. The molecule has 1 aromatic heterocycles. The van der Waals surface area contributed by atoms with Gasteiger partial charge in [-0.3, -0.25) is 20.0 Å². The minimum Gasteiger partial charge on any atom is -0.468 e. The fraction of sp³-hybridized carbons (Fsp3) is 0.167. The van der Waals surface area contributed by atoms with Gasteiger partial charge >= 0.3 is 5.97 Å². The van der Waals surface area contributed by atoms with Crippen molar-refractivity contribution in [2.24, 2.45) is 0 Å². The largest absolute Gasteiger partial charge is 0.468 e. The summed E-state index contributed by atoms with van der Waals surface area (Å²) in [4.78, 5) is 21.1. The van der Waals surface area contributed by atoms with Crippen LogP contribution in [0.3, 0.4) is 0 Å². The van der Waals surface area contributed by atoms with Crippen LogP contribution in [0, 0.1) is 22.0 Å². The van der Waals surface area contributed by atoms with Gasteiger partial charge < -0.3 is 4.74 Å². The number of nitro benzene ring substituents is 1. The maximum absolute atomic E-state index is 10.9. The number of ether oxygens (including phenoxy) is 1. The summed E-state index contributed by atoms with van der Waals surface area (Å²) in [7, 11) is 1.28. The van der Waals surface area contributed by atoms with Crippen molar-refractivity contribution >= 4 is 22.6 Å². The SMILES string of the molecule is COC(=O)CC#Cc1[nH]nc2ccc([N+](=O)[O-])cc12. The number of aromatic nitrogens is 2. The fourth-order valence-electron chi connectivity index (χ4n) is 1.48. The van der Waals surface area contributed by atoms with Gasteiger partial charge in [0.2, 0.25) is 0 Å². The molecule has 1 N–H and O–H groups in total. The number of non-ortho nitro benzene ring substituents is 1. The number of fused-ring (bicyclic) bond motifs is 1. The summed E-state index contributed by atoms with van der Waals surface area (Å²) >= 11 is 0. The third kappa shape index (κ3) is 2.69. The predicted octanol–water partition coefficient (Wildman–Crippen LogP) is 1.39. The minimum atomic E-state index is -0.488. The first-order valence-electron chi connectivity index (χ1n) is 5.30. The number of hydrogen-bond donors (Lipinski definition) is 1. The molecule has 0 bridgehead atoms. The van der Waals surface area contributed by atoms with Crippen molar-refractivity contribution in [3.05, 3.63) is 34.0 Å². The van der Waals surface area contributed by atoms with Gasteiger partial charge in [0.25, 0.3) is 5.69 Å². The number of carbonyl (C=O) groups is 1. The van der Waals surface area contributed by atoms with Crippen molar-refractivity contribution in [1.29, 1.82) is 0 Å². The third-order valence-corrected chi connectivity index (χ3v) is 2.42. The van der Waals surface area contributed by atoms with Gasteiger partial charge in [-0.1, -0.05) is 5.92 Å². The first-order valence-corrected chi connectivity index (χ1v) is 5.30. The molecule has 96 valence electrons. The first-order chi connectivity index (χ1) is 9.11. The molecule has 0 aliphatic carbocycles. The van der Waals surface area contributed by atoms with Gasteiger partial charge in [-0.2, -0.15) is 5.10 Å². The molecular weight excluding hydrogens is 250 g/mol. The van der Waals surface area contributed by atoms with Crippen molar-refractivity contribution in [2.45, 2.75) is 6.42 Å². The highest BCUT2D eigenvalue weighted by molar-refractivity contribution is 5.86. The Labute approximate surface area is 107 Å². The number of nitro groups is 1. The summed E-state index contributed by atoms with van der Waals surface area (Å²) < 4.78 is 4.45. The quantitative estimate of drug-likeness (QED) is 0.380. The zero-order valence-electron chi connectivity index (χ0n) is 9.97. The molecule has 0 fully saturated rings. The average Bonchev–Trinajstić information content (AvgIpc) is 2.81. The van der Waals surface area contributed by atoms with E-state index >= 15 is 0 Å². The van der Waals surface area contributed by atoms with Crippen LogP contribution in [-0.2, 0) is 9.53 Å². The van der Waals surface area contributed by atoms with E-state index < -0.39 is 10.9 Å². The van der Waals surface area contributed by atoms with Crippen LogP contribution in [0.1, 0.15) is 12.1 Å². The monoisotopic (exact) mass is 259 g/mol. The van der Waals surface area contributed by atoms with Crippen LogP contribution in [0.5, 0.6) is 0 Å². The summed E-state index contributed by atoms with van der Waals surface area (Å²) in [6.07, 6.45) is -0.0497. The zero-order valence-corrected chi connectivity index (χ0v) is 9.97. The summed E-state index contributed by atoms with van der Waals surface area (Å²) in [5.41, 5.74) is 0.973. The Balaban J connectivity index is 2.35. The highest BCUT2D eigenvalue weighted by atomic mass is 16.6. The Morgan fingerprint density at radius 3 is 3.05 bits per heavy atom. The predicted molar refractivity (Wildman–Crippen MR) is 66.3 cm³/mol. The van der Waals surface area contributed by atoms with Gasteiger partial charge in [-0.05, 0) is 12.0 Å². The smallest absolute Gasteiger partial charge is 0.317 e. The minimum absolute atomic E-state index is 0.0371. The van der Waals surface area contributed by atoms with E-state index in [1.807, 2.05) is 0 Å². The molecule has 0 atom stereocenters. The second kappa shape index (κ2) is 5.18. The molecule has 0 radical (unpaired) electrons. The zero-order chi connectivity index (χ0) is 13.8. The molecule has 0 amide bonds. The van der Waals surface area contributed by atoms with Gasteiger partial charge in [0.05, 0.1) is 17.5 Å². The van der Waals surface area contributed by atoms with Crippen LogP contribution in [0.4, 0.5) is 5.69 Å². The second-order valence-electron chi connectivity index (χ2n) is 3.61. The lowest BCUT2D eigenvalue weighted by Gasteiger charge is -1.91. The normalized spacial score (nSPS) is 9.74. The molecule has 1 heterocycles. The molecule has 19 heavy (non-hydrogen) atoms. The maximum Gasteiger partial charge on any atom is 0.317 e. The number of nitrogens with one attached hydrogen (secondary N) is 1.